The van der Waals surface area contributed by atoms with Gasteiger partial charge in [0.2, 0.25) is 5.28 Å². The third kappa shape index (κ3) is 3.34. The number of anilines is 1. The van der Waals surface area contributed by atoms with Crippen LogP contribution in [-0.2, 0) is 0 Å². The van der Waals surface area contributed by atoms with Gasteiger partial charge < -0.3 is 4.90 Å². The molecular formula is C13H15ClN4S. The van der Waals surface area contributed by atoms with E-state index in [-0.39, 0.29) is 5.28 Å². The molecule has 0 saturated heterocycles. The smallest absolute Gasteiger partial charge is 0.225 e. The molecule has 0 aliphatic heterocycles. The van der Waals surface area contributed by atoms with Gasteiger partial charge >= 0.3 is 0 Å². The van der Waals surface area contributed by atoms with Gasteiger partial charge in [-0.25, -0.2) is 4.98 Å². The van der Waals surface area contributed by atoms with Gasteiger partial charge in [-0.15, -0.1) is 11.3 Å². The summed E-state index contributed by atoms with van der Waals surface area (Å²) in [6.45, 7) is 5.80. The molecule has 2 aromatic rings. The molecule has 0 aliphatic carbocycles. The fourth-order valence-electron chi connectivity index (χ4n) is 1.96. The van der Waals surface area contributed by atoms with E-state index in [1.54, 1.807) is 11.3 Å². The number of aromatic nitrogens is 2. The van der Waals surface area contributed by atoms with Crippen LogP contribution in [-0.4, -0.2) is 23.1 Å². The highest BCUT2D eigenvalue weighted by molar-refractivity contribution is 7.16. The minimum Gasteiger partial charge on any atom is -0.355 e. The molecule has 100 valence electrons. The Morgan fingerprint density at radius 2 is 2.26 bits per heavy atom. The zero-order chi connectivity index (χ0) is 13.8. The van der Waals surface area contributed by atoms with Crippen LogP contribution >= 0.6 is 22.9 Å². The number of rotatable bonds is 5. The number of thiophene rings is 1. The Bertz CT molecular complexity index is 602. The van der Waals surface area contributed by atoms with Crippen LogP contribution in [0.4, 0.5) is 5.82 Å². The lowest BCUT2D eigenvalue weighted by Gasteiger charge is -2.25. The van der Waals surface area contributed by atoms with Crippen molar-refractivity contribution in [1.82, 2.24) is 9.97 Å². The molecule has 6 heteroatoms. The minimum absolute atomic E-state index is 0.260. The minimum atomic E-state index is 0.260. The van der Waals surface area contributed by atoms with Crippen LogP contribution in [0.15, 0.2) is 11.4 Å². The van der Waals surface area contributed by atoms with Gasteiger partial charge in [-0.2, -0.15) is 10.2 Å². The van der Waals surface area contributed by atoms with Crippen LogP contribution in [0.2, 0.25) is 5.28 Å². The Kier molecular flexibility index (Phi) is 4.56. The number of halogens is 1. The van der Waals surface area contributed by atoms with Gasteiger partial charge in [0.25, 0.3) is 0 Å². The highest BCUT2D eigenvalue weighted by atomic mass is 35.5. The molecule has 0 aromatic carbocycles. The van der Waals surface area contributed by atoms with E-state index in [1.807, 2.05) is 11.4 Å². The highest BCUT2D eigenvalue weighted by Crippen LogP contribution is 2.29. The average molecular weight is 295 g/mol. The third-order valence-corrected chi connectivity index (χ3v) is 3.63. The second kappa shape index (κ2) is 6.18. The highest BCUT2D eigenvalue weighted by Gasteiger charge is 2.15. The van der Waals surface area contributed by atoms with Crippen molar-refractivity contribution in [2.24, 2.45) is 5.92 Å². The molecule has 2 heterocycles. The molecule has 0 unspecified atom stereocenters. The lowest BCUT2D eigenvalue weighted by atomic mass is 10.2. The molecule has 0 saturated carbocycles. The SMILES string of the molecule is CC(C)CN(CCC#N)c1nc(Cl)nc2sccc12. The Hall–Kier alpha value is -1.38. The summed E-state index contributed by atoms with van der Waals surface area (Å²) >= 11 is 7.54. The van der Waals surface area contributed by atoms with Crippen LogP contribution in [0.25, 0.3) is 10.2 Å². The predicted octanol–water partition coefficient (Wildman–Crippen LogP) is 3.72. The summed E-state index contributed by atoms with van der Waals surface area (Å²) in [5.74, 6) is 1.32. The molecule has 4 nitrogen and oxygen atoms in total. The molecule has 2 aromatic heterocycles. The van der Waals surface area contributed by atoms with E-state index in [0.717, 1.165) is 22.6 Å². The van der Waals surface area contributed by atoms with E-state index >= 15 is 0 Å². The van der Waals surface area contributed by atoms with Crippen LogP contribution in [0.5, 0.6) is 0 Å². The van der Waals surface area contributed by atoms with Gasteiger partial charge in [-0.3, -0.25) is 0 Å². The maximum absolute atomic E-state index is 8.79. The Morgan fingerprint density at radius 3 is 2.95 bits per heavy atom. The second-order valence-electron chi connectivity index (χ2n) is 4.70. The van der Waals surface area contributed by atoms with Crippen molar-refractivity contribution in [2.75, 3.05) is 18.0 Å². The van der Waals surface area contributed by atoms with Crippen molar-refractivity contribution in [3.8, 4) is 6.07 Å². The van der Waals surface area contributed by atoms with Crippen molar-refractivity contribution in [2.45, 2.75) is 20.3 Å². The summed E-state index contributed by atoms with van der Waals surface area (Å²) in [6.07, 6.45) is 0.472. The quantitative estimate of drug-likeness (QED) is 0.789. The number of nitrogens with zero attached hydrogens (tertiary/aromatic N) is 4. The lowest BCUT2D eigenvalue weighted by molar-refractivity contribution is 0.609. The molecule has 0 spiro atoms. The molecule has 2 rings (SSSR count). The maximum Gasteiger partial charge on any atom is 0.225 e. The summed E-state index contributed by atoms with van der Waals surface area (Å²) in [6, 6.07) is 4.19. The number of fused-ring (bicyclic) bond motifs is 1. The van der Waals surface area contributed by atoms with Crippen molar-refractivity contribution in [1.29, 1.82) is 5.26 Å². The molecule has 0 radical (unpaired) electrons. The molecular weight excluding hydrogens is 280 g/mol. The third-order valence-electron chi connectivity index (χ3n) is 2.66. The van der Waals surface area contributed by atoms with Gasteiger partial charge in [-0.05, 0) is 29.0 Å². The summed E-state index contributed by atoms with van der Waals surface area (Å²) in [4.78, 5) is 11.6. The number of nitriles is 1. The molecule has 19 heavy (non-hydrogen) atoms. The van der Waals surface area contributed by atoms with Crippen molar-refractivity contribution >= 4 is 39.0 Å². The Labute approximate surface area is 121 Å². The standard InChI is InChI=1S/C13H15ClN4S/c1-9(2)8-18(6-3-5-15)11-10-4-7-19-12(10)17-13(14)16-11/h4,7,9H,3,6,8H2,1-2H3. The average Bonchev–Trinajstić information content (AvgIpc) is 2.80. The van der Waals surface area contributed by atoms with Crippen LogP contribution in [0.1, 0.15) is 20.3 Å². The van der Waals surface area contributed by atoms with Gasteiger partial charge in [-0.1, -0.05) is 13.8 Å². The molecule has 0 N–H and O–H groups in total. The monoisotopic (exact) mass is 294 g/mol. The van der Waals surface area contributed by atoms with Crippen molar-refractivity contribution in [3.05, 3.63) is 16.7 Å². The van der Waals surface area contributed by atoms with E-state index in [4.69, 9.17) is 16.9 Å². The fourth-order valence-corrected chi connectivity index (χ4v) is 2.94. The summed E-state index contributed by atoms with van der Waals surface area (Å²) < 4.78 is 0. The van der Waals surface area contributed by atoms with Crippen LogP contribution in [0, 0.1) is 17.2 Å². The first-order valence-electron chi connectivity index (χ1n) is 6.14. The zero-order valence-corrected chi connectivity index (χ0v) is 12.5. The molecule has 0 aliphatic rings. The van der Waals surface area contributed by atoms with Gasteiger partial charge in [0.15, 0.2) is 0 Å². The largest absolute Gasteiger partial charge is 0.355 e. The first-order valence-corrected chi connectivity index (χ1v) is 7.40. The molecule has 0 atom stereocenters. The van der Waals surface area contributed by atoms with Crippen LogP contribution < -0.4 is 4.90 Å². The second-order valence-corrected chi connectivity index (χ2v) is 5.94. The number of hydrogen-bond donors (Lipinski definition) is 0. The molecule has 0 amide bonds. The summed E-state index contributed by atoms with van der Waals surface area (Å²) in [5.41, 5.74) is 0. The predicted molar refractivity (Wildman–Crippen MR) is 79.7 cm³/mol. The Morgan fingerprint density at radius 1 is 1.47 bits per heavy atom. The fraction of sp³-hybridized carbons (Fsp3) is 0.462. The van der Waals surface area contributed by atoms with Gasteiger partial charge in [0.1, 0.15) is 10.6 Å². The van der Waals surface area contributed by atoms with Gasteiger partial charge in [0, 0.05) is 13.1 Å². The lowest BCUT2D eigenvalue weighted by Crippen LogP contribution is -2.29. The molecule has 0 fully saturated rings. The van der Waals surface area contributed by atoms with Gasteiger partial charge in [0.05, 0.1) is 17.9 Å². The van der Waals surface area contributed by atoms with Crippen molar-refractivity contribution in [3.63, 3.8) is 0 Å². The van der Waals surface area contributed by atoms with E-state index in [2.05, 4.69) is 34.8 Å². The summed E-state index contributed by atoms with van der Waals surface area (Å²) in [7, 11) is 0. The van der Waals surface area contributed by atoms with E-state index < -0.39 is 0 Å². The van der Waals surface area contributed by atoms with Crippen LogP contribution in [0.3, 0.4) is 0 Å². The van der Waals surface area contributed by atoms with E-state index in [9.17, 15) is 0 Å². The number of hydrogen-bond acceptors (Lipinski definition) is 5. The topological polar surface area (TPSA) is 52.8 Å². The maximum atomic E-state index is 8.79. The normalized spacial score (nSPS) is 10.9. The zero-order valence-electron chi connectivity index (χ0n) is 10.9. The molecule has 0 bridgehead atoms. The van der Waals surface area contributed by atoms with Crippen molar-refractivity contribution < 1.29 is 0 Å². The first-order chi connectivity index (χ1) is 9.11. The first kappa shape index (κ1) is 14.0. The van der Waals surface area contributed by atoms with E-state index in [1.165, 1.54) is 0 Å². The van der Waals surface area contributed by atoms with E-state index in [0.29, 0.717) is 18.9 Å². The Balaban J connectivity index is 2.42. The summed E-state index contributed by atoms with van der Waals surface area (Å²) in [5, 5.41) is 12.0.